The zero-order chi connectivity index (χ0) is 10.0. The smallest absolute Gasteiger partial charge is 0.184 e. The van der Waals surface area contributed by atoms with Gasteiger partial charge in [-0.2, -0.15) is 0 Å². The summed E-state index contributed by atoms with van der Waals surface area (Å²) in [6, 6.07) is 0. The zero-order valence-corrected chi connectivity index (χ0v) is 9.38. The number of hydrogen-bond acceptors (Lipinski definition) is 2. The highest BCUT2D eigenvalue weighted by molar-refractivity contribution is 5.78. The van der Waals surface area contributed by atoms with Crippen molar-refractivity contribution in [3.05, 3.63) is 0 Å². The van der Waals surface area contributed by atoms with E-state index in [1.54, 1.807) is 0 Å². The highest BCUT2D eigenvalue weighted by Crippen LogP contribution is 2.29. The van der Waals surface area contributed by atoms with Crippen LogP contribution in [0.1, 0.15) is 52.4 Å². The Hall–Kier alpha value is -0.530. The SMILES string of the molecule is CC1(C)COC(CC2CCCCC2)=N1. The van der Waals surface area contributed by atoms with Gasteiger partial charge in [0.25, 0.3) is 0 Å². The highest BCUT2D eigenvalue weighted by Gasteiger charge is 2.27. The summed E-state index contributed by atoms with van der Waals surface area (Å²) in [5.41, 5.74) is 0.0317. The van der Waals surface area contributed by atoms with Crippen LogP contribution in [0, 0.1) is 5.92 Å². The Morgan fingerprint density at radius 3 is 2.57 bits per heavy atom. The molecule has 2 rings (SSSR count). The van der Waals surface area contributed by atoms with Crippen molar-refractivity contribution < 1.29 is 4.74 Å². The summed E-state index contributed by atoms with van der Waals surface area (Å²) in [5, 5.41) is 0. The number of nitrogens with zero attached hydrogens (tertiary/aromatic N) is 1. The molecular formula is C12H21NO. The van der Waals surface area contributed by atoms with Crippen molar-refractivity contribution in [2.75, 3.05) is 6.61 Å². The van der Waals surface area contributed by atoms with Gasteiger partial charge in [0, 0.05) is 6.42 Å². The zero-order valence-electron chi connectivity index (χ0n) is 9.38. The maximum absolute atomic E-state index is 5.62. The second-order valence-corrected chi connectivity index (χ2v) is 5.31. The minimum absolute atomic E-state index is 0.0317. The van der Waals surface area contributed by atoms with Gasteiger partial charge in [-0.3, -0.25) is 0 Å². The summed E-state index contributed by atoms with van der Waals surface area (Å²) in [5.74, 6) is 1.86. The van der Waals surface area contributed by atoms with Gasteiger partial charge in [-0.05, 0) is 32.6 Å². The first kappa shape index (κ1) is 10.0. The second-order valence-electron chi connectivity index (χ2n) is 5.31. The van der Waals surface area contributed by atoms with Crippen LogP contribution in [0.4, 0.5) is 0 Å². The van der Waals surface area contributed by atoms with Gasteiger partial charge in [0.05, 0.1) is 5.54 Å². The van der Waals surface area contributed by atoms with E-state index in [9.17, 15) is 0 Å². The van der Waals surface area contributed by atoms with Crippen molar-refractivity contribution in [1.29, 1.82) is 0 Å². The average Bonchev–Trinajstić information content (AvgIpc) is 2.47. The van der Waals surface area contributed by atoms with Crippen LogP contribution < -0.4 is 0 Å². The molecule has 2 aliphatic rings. The summed E-state index contributed by atoms with van der Waals surface area (Å²) in [7, 11) is 0. The molecule has 2 heteroatoms. The monoisotopic (exact) mass is 195 g/mol. The predicted molar refractivity (Wildman–Crippen MR) is 58.7 cm³/mol. The van der Waals surface area contributed by atoms with Gasteiger partial charge in [0.1, 0.15) is 6.61 Å². The molecule has 0 aromatic heterocycles. The van der Waals surface area contributed by atoms with Gasteiger partial charge in [-0.15, -0.1) is 0 Å². The minimum Gasteiger partial charge on any atom is -0.478 e. The van der Waals surface area contributed by atoms with Gasteiger partial charge in [0.15, 0.2) is 5.90 Å². The van der Waals surface area contributed by atoms with Crippen molar-refractivity contribution >= 4 is 5.90 Å². The van der Waals surface area contributed by atoms with Gasteiger partial charge in [-0.1, -0.05) is 19.3 Å². The van der Waals surface area contributed by atoms with E-state index in [-0.39, 0.29) is 5.54 Å². The first-order valence-electron chi connectivity index (χ1n) is 5.87. The van der Waals surface area contributed by atoms with Crippen LogP contribution in [0.15, 0.2) is 4.99 Å². The molecule has 0 amide bonds. The molecule has 14 heavy (non-hydrogen) atoms. The van der Waals surface area contributed by atoms with Crippen molar-refractivity contribution in [1.82, 2.24) is 0 Å². The second kappa shape index (κ2) is 3.92. The molecule has 80 valence electrons. The van der Waals surface area contributed by atoms with E-state index >= 15 is 0 Å². The van der Waals surface area contributed by atoms with E-state index < -0.39 is 0 Å². The Morgan fingerprint density at radius 2 is 2.00 bits per heavy atom. The molecule has 0 radical (unpaired) electrons. The molecule has 0 spiro atoms. The first-order valence-corrected chi connectivity index (χ1v) is 5.87. The maximum atomic E-state index is 5.62. The fourth-order valence-electron chi connectivity index (χ4n) is 2.40. The number of rotatable bonds is 2. The standard InChI is InChI=1S/C12H21NO/c1-12(2)9-14-11(13-12)8-10-6-4-3-5-7-10/h10H,3-9H2,1-2H3. The molecule has 2 nitrogen and oxygen atoms in total. The molecule has 1 fully saturated rings. The van der Waals surface area contributed by atoms with E-state index in [4.69, 9.17) is 4.74 Å². The van der Waals surface area contributed by atoms with Crippen molar-refractivity contribution in [2.24, 2.45) is 10.9 Å². The average molecular weight is 195 g/mol. The van der Waals surface area contributed by atoms with E-state index in [0.717, 1.165) is 24.8 Å². The maximum Gasteiger partial charge on any atom is 0.184 e. The third-order valence-electron chi connectivity index (χ3n) is 3.21. The molecule has 0 atom stereocenters. The lowest BCUT2D eigenvalue weighted by Gasteiger charge is -2.20. The third-order valence-corrected chi connectivity index (χ3v) is 3.21. The summed E-state index contributed by atoms with van der Waals surface area (Å²) in [6.45, 7) is 5.05. The molecule has 0 unspecified atom stereocenters. The quantitative estimate of drug-likeness (QED) is 0.663. The molecular weight excluding hydrogens is 174 g/mol. The number of aliphatic imine (C=N–C) groups is 1. The molecule has 0 aromatic carbocycles. The van der Waals surface area contributed by atoms with Crippen LogP contribution in [-0.2, 0) is 4.74 Å². The molecule has 0 aromatic rings. The fraction of sp³-hybridized carbons (Fsp3) is 0.917. The van der Waals surface area contributed by atoms with Crippen molar-refractivity contribution in [2.45, 2.75) is 57.9 Å². The number of hydrogen-bond donors (Lipinski definition) is 0. The van der Waals surface area contributed by atoms with Crippen LogP contribution in [-0.4, -0.2) is 18.0 Å². The van der Waals surface area contributed by atoms with Crippen molar-refractivity contribution in [3.8, 4) is 0 Å². The molecule has 0 N–H and O–H groups in total. The van der Waals surface area contributed by atoms with Crippen LogP contribution in [0.5, 0.6) is 0 Å². The molecule has 0 bridgehead atoms. The van der Waals surface area contributed by atoms with Gasteiger partial charge >= 0.3 is 0 Å². The molecule has 1 aliphatic carbocycles. The van der Waals surface area contributed by atoms with E-state index in [0.29, 0.717) is 0 Å². The summed E-state index contributed by atoms with van der Waals surface area (Å²) in [6.07, 6.45) is 8.08. The summed E-state index contributed by atoms with van der Waals surface area (Å²) < 4.78 is 5.62. The third kappa shape index (κ3) is 2.49. The normalized spacial score (nSPS) is 27.1. The van der Waals surface area contributed by atoms with Crippen LogP contribution in [0.25, 0.3) is 0 Å². The van der Waals surface area contributed by atoms with Crippen molar-refractivity contribution in [3.63, 3.8) is 0 Å². The fourth-order valence-corrected chi connectivity index (χ4v) is 2.40. The Labute approximate surface area is 86.8 Å². The van der Waals surface area contributed by atoms with Crippen LogP contribution in [0.3, 0.4) is 0 Å². The highest BCUT2D eigenvalue weighted by atomic mass is 16.5. The molecule has 0 saturated heterocycles. The van der Waals surface area contributed by atoms with E-state index in [1.807, 2.05) is 0 Å². The predicted octanol–water partition coefficient (Wildman–Crippen LogP) is 3.16. The summed E-state index contributed by atoms with van der Waals surface area (Å²) in [4.78, 5) is 4.61. The Kier molecular flexibility index (Phi) is 2.80. The largest absolute Gasteiger partial charge is 0.478 e. The summed E-state index contributed by atoms with van der Waals surface area (Å²) >= 11 is 0. The Morgan fingerprint density at radius 1 is 1.29 bits per heavy atom. The topological polar surface area (TPSA) is 21.6 Å². The van der Waals surface area contributed by atoms with E-state index in [1.165, 1.54) is 32.1 Å². The lowest BCUT2D eigenvalue weighted by molar-refractivity contribution is 0.263. The lowest BCUT2D eigenvalue weighted by Crippen LogP contribution is -2.17. The van der Waals surface area contributed by atoms with E-state index in [2.05, 4.69) is 18.8 Å². The van der Waals surface area contributed by atoms with Crippen LogP contribution >= 0.6 is 0 Å². The number of ether oxygens (including phenoxy) is 1. The lowest BCUT2D eigenvalue weighted by atomic mass is 9.87. The van der Waals surface area contributed by atoms with Crippen LogP contribution in [0.2, 0.25) is 0 Å². The molecule has 1 heterocycles. The Balaban J connectivity index is 1.85. The minimum atomic E-state index is 0.0317. The first-order chi connectivity index (χ1) is 6.66. The van der Waals surface area contributed by atoms with Gasteiger partial charge in [0.2, 0.25) is 0 Å². The molecule has 1 saturated carbocycles. The Bertz CT molecular complexity index is 226. The van der Waals surface area contributed by atoms with Gasteiger partial charge in [-0.25, -0.2) is 4.99 Å². The molecule has 1 aliphatic heterocycles. The van der Waals surface area contributed by atoms with Gasteiger partial charge < -0.3 is 4.74 Å².